The van der Waals surface area contributed by atoms with Crippen LogP contribution in [-0.2, 0) is 16.0 Å². The van der Waals surface area contributed by atoms with Gasteiger partial charge < -0.3 is 15.8 Å². The summed E-state index contributed by atoms with van der Waals surface area (Å²) in [5.74, 6) is 0.0647. The van der Waals surface area contributed by atoms with Gasteiger partial charge in [-0.15, -0.1) is 12.4 Å². The molecule has 23 heavy (non-hydrogen) atoms. The third kappa shape index (κ3) is 5.11. The number of nitrogen functional groups attached to an aromatic ring is 1. The number of carbonyl (C=O) groups is 1. The molecule has 1 fully saturated rings. The van der Waals surface area contributed by atoms with E-state index < -0.39 is 0 Å². The van der Waals surface area contributed by atoms with Crippen LogP contribution in [-0.4, -0.2) is 24.7 Å². The number of nitrogens with two attached hydrogens (primary N) is 1. The second kappa shape index (κ2) is 8.55. The number of benzene rings is 1. The van der Waals surface area contributed by atoms with Crippen molar-refractivity contribution in [3.8, 4) is 0 Å². The molecule has 2 unspecified atom stereocenters. The minimum Gasteiger partial charge on any atom is -0.399 e. The van der Waals surface area contributed by atoms with Crippen molar-refractivity contribution < 1.29 is 9.53 Å². The van der Waals surface area contributed by atoms with Crippen LogP contribution in [0.5, 0.6) is 0 Å². The summed E-state index contributed by atoms with van der Waals surface area (Å²) in [5, 5.41) is 3.14. The standard InChI is InChI=1S/C18H28N2O2.ClH/c1-4-5-10-22-16-12-15(18(16,2)3)20-17(21)11-13-6-8-14(19)9-7-13;/h6-9,15-16H,4-5,10-12,19H2,1-3H3,(H,20,21);1H. The molecular formula is C18H29ClN2O2. The van der Waals surface area contributed by atoms with E-state index >= 15 is 0 Å². The Balaban J connectivity index is 0.00000264. The molecule has 0 saturated heterocycles. The van der Waals surface area contributed by atoms with Gasteiger partial charge in [-0.1, -0.05) is 39.3 Å². The van der Waals surface area contributed by atoms with Gasteiger partial charge in [0.1, 0.15) is 0 Å². The quantitative estimate of drug-likeness (QED) is 0.591. The highest BCUT2D eigenvalue weighted by atomic mass is 35.5. The molecule has 2 rings (SSSR count). The van der Waals surface area contributed by atoms with E-state index in [1.54, 1.807) is 0 Å². The lowest BCUT2D eigenvalue weighted by atomic mass is 9.64. The predicted octanol–water partition coefficient (Wildman–Crippen LogP) is 3.33. The molecule has 3 N–H and O–H groups in total. The first kappa shape index (κ1) is 19.8. The van der Waals surface area contributed by atoms with Crippen LogP contribution in [0.4, 0.5) is 5.69 Å². The Morgan fingerprint density at radius 1 is 1.35 bits per heavy atom. The highest BCUT2D eigenvalue weighted by Gasteiger charge is 2.49. The van der Waals surface area contributed by atoms with E-state index in [-0.39, 0.29) is 35.9 Å². The van der Waals surface area contributed by atoms with Gasteiger partial charge >= 0.3 is 0 Å². The molecule has 130 valence electrons. The van der Waals surface area contributed by atoms with Crippen LogP contribution in [0.3, 0.4) is 0 Å². The molecule has 0 bridgehead atoms. The maximum absolute atomic E-state index is 12.2. The zero-order valence-electron chi connectivity index (χ0n) is 14.3. The number of amides is 1. The number of hydrogen-bond donors (Lipinski definition) is 2. The molecule has 1 aliphatic carbocycles. The molecule has 2 atom stereocenters. The van der Waals surface area contributed by atoms with Gasteiger partial charge in [0.2, 0.25) is 5.91 Å². The van der Waals surface area contributed by atoms with Gasteiger partial charge in [0, 0.05) is 23.8 Å². The molecule has 0 radical (unpaired) electrons. The van der Waals surface area contributed by atoms with Gasteiger partial charge in [0.25, 0.3) is 0 Å². The van der Waals surface area contributed by atoms with Crippen molar-refractivity contribution in [1.29, 1.82) is 0 Å². The summed E-state index contributed by atoms with van der Waals surface area (Å²) in [7, 11) is 0. The molecule has 0 spiro atoms. The number of unbranched alkanes of at least 4 members (excludes halogenated alkanes) is 1. The molecule has 0 aromatic heterocycles. The van der Waals surface area contributed by atoms with Gasteiger partial charge in [-0.3, -0.25) is 4.79 Å². The van der Waals surface area contributed by atoms with Gasteiger partial charge in [-0.25, -0.2) is 0 Å². The van der Waals surface area contributed by atoms with E-state index in [0.29, 0.717) is 6.42 Å². The van der Waals surface area contributed by atoms with Crippen molar-refractivity contribution in [3.63, 3.8) is 0 Å². The van der Waals surface area contributed by atoms with Crippen molar-refractivity contribution in [1.82, 2.24) is 5.32 Å². The molecule has 1 amide bonds. The average molecular weight is 341 g/mol. The molecule has 4 nitrogen and oxygen atoms in total. The number of halogens is 1. The first-order chi connectivity index (χ1) is 10.4. The number of carbonyl (C=O) groups excluding carboxylic acids is 1. The average Bonchev–Trinajstić information content (AvgIpc) is 2.48. The SMILES string of the molecule is CCCCOC1CC(NC(=O)Cc2ccc(N)cc2)C1(C)C.Cl. The van der Waals surface area contributed by atoms with Crippen molar-refractivity contribution in [2.75, 3.05) is 12.3 Å². The Morgan fingerprint density at radius 3 is 2.57 bits per heavy atom. The molecule has 5 heteroatoms. The zero-order chi connectivity index (χ0) is 16.2. The van der Waals surface area contributed by atoms with Crippen molar-refractivity contribution in [3.05, 3.63) is 29.8 Å². The van der Waals surface area contributed by atoms with Gasteiger partial charge in [-0.05, 0) is 30.5 Å². The molecule has 1 saturated carbocycles. The van der Waals surface area contributed by atoms with E-state index in [1.807, 2.05) is 24.3 Å². The van der Waals surface area contributed by atoms with Crippen LogP contribution < -0.4 is 11.1 Å². The molecule has 0 aliphatic heterocycles. The lowest BCUT2D eigenvalue weighted by molar-refractivity contribution is -0.137. The van der Waals surface area contributed by atoms with Crippen LogP contribution in [0.1, 0.15) is 45.6 Å². The Bertz CT molecular complexity index is 502. The fraction of sp³-hybridized carbons (Fsp3) is 0.611. The van der Waals surface area contributed by atoms with Gasteiger partial charge in [0.05, 0.1) is 12.5 Å². The topological polar surface area (TPSA) is 64.3 Å². The largest absolute Gasteiger partial charge is 0.399 e. The van der Waals surface area contributed by atoms with E-state index in [1.165, 1.54) is 0 Å². The second-order valence-electron chi connectivity index (χ2n) is 6.81. The number of anilines is 1. The zero-order valence-corrected chi connectivity index (χ0v) is 15.1. The number of nitrogens with one attached hydrogen (secondary N) is 1. The molecule has 1 aliphatic rings. The number of ether oxygens (including phenoxy) is 1. The van der Waals surface area contributed by atoms with E-state index in [4.69, 9.17) is 10.5 Å². The molecular weight excluding hydrogens is 312 g/mol. The maximum atomic E-state index is 12.2. The monoisotopic (exact) mass is 340 g/mol. The van der Waals surface area contributed by atoms with Crippen LogP contribution in [0.2, 0.25) is 0 Å². The third-order valence-corrected chi connectivity index (χ3v) is 4.67. The van der Waals surface area contributed by atoms with Gasteiger partial charge in [-0.2, -0.15) is 0 Å². The first-order valence-electron chi connectivity index (χ1n) is 8.19. The summed E-state index contributed by atoms with van der Waals surface area (Å²) >= 11 is 0. The normalized spacial score (nSPS) is 21.9. The fourth-order valence-corrected chi connectivity index (χ4v) is 2.85. The van der Waals surface area contributed by atoms with E-state index in [9.17, 15) is 4.79 Å². The molecule has 0 heterocycles. The van der Waals surface area contributed by atoms with Crippen LogP contribution >= 0.6 is 12.4 Å². The summed E-state index contributed by atoms with van der Waals surface area (Å²) in [6.07, 6.45) is 3.80. The summed E-state index contributed by atoms with van der Waals surface area (Å²) in [5.41, 5.74) is 7.36. The molecule has 1 aromatic carbocycles. The van der Waals surface area contributed by atoms with Crippen molar-refractivity contribution >= 4 is 24.0 Å². The fourth-order valence-electron chi connectivity index (χ4n) is 2.85. The summed E-state index contributed by atoms with van der Waals surface area (Å²) in [6, 6.07) is 7.65. The minimum absolute atomic E-state index is 0. The highest BCUT2D eigenvalue weighted by molar-refractivity contribution is 5.85. The maximum Gasteiger partial charge on any atom is 0.224 e. The van der Waals surface area contributed by atoms with Crippen molar-refractivity contribution in [2.24, 2.45) is 5.41 Å². The minimum atomic E-state index is 0. The highest BCUT2D eigenvalue weighted by Crippen LogP contribution is 2.42. The van der Waals surface area contributed by atoms with E-state index in [0.717, 1.165) is 37.1 Å². The van der Waals surface area contributed by atoms with E-state index in [2.05, 4.69) is 26.1 Å². The number of hydrogen-bond acceptors (Lipinski definition) is 3. The lowest BCUT2D eigenvalue weighted by Crippen LogP contribution is -2.62. The first-order valence-corrected chi connectivity index (χ1v) is 8.19. The summed E-state index contributed by atoms with van der Waals surface area (Å²) < 4.78 is 5.91. The Hall–Kier alpha value is -1.26. The predicted molar refractivity (Wildman–Crippen MR) is 96.8 cm³/mol. The number of rotatable bonds is 7. The smallest absolute Gasteiger partial charge is 0.224 e. The Kier molecular flexibility index (Phi) is 7.36. The third-order valence-electron chi connectivity index (χ3n) is 4.67. The van der Waals surface area contributed by atoms with Crippen LogP contribution in [0.15, 0.2) is 24.3 Å². The van der Waals surface area contributed by atoms with Crippen LogP contribution in [0.25, 0.3) is 0 Å². The lowest BCUT2D eigenvalue weighted by Gasteiger charge is -2.51. The molecule has 1 aromatic rings. The second-order valence-corrected chi connectivity index (χ2v) is 6.81. The Morgan fingerprint density at radius 2 is 2.00 bits per heavy atom. The van der Waals surface area contributed by atoms with Gasteiger partial charge in [0.15, 0.2) is 0 Å². The van der Waals surface area contributed by atoms with Crippen molar-refractivity contribution in [2.45, 2.75) is 58.6 Å². The summed E-state index contributed by atoms with van der Waals surface area (Å²) in [6.45, 7) is 7.31. The Labute approximate surface area is 145 Å². The van der Waals surface area contributed by atoms with Crippen LogP contribution in [0, 0.1) is 5.41 Å². The summed E-state index contributed by atoms with van der Waals surface area (Å²) in [4.78, 5) is 12.2.